The van der Waals surface area contributed by atoms with Gasteiger partial charge in [-0.3, -0.25) is 0 Å². The van der Waals surface area contributed by atoms with Crippen LogP contribution in [0, 0.1) is 28.6 Å². The fraction of sp³-hybridized carbons (Fsp3) is 0.667. The van der Waals surface area contributed by atoms with Crippen molar-refractivity contribution in [3.05, 3.63) is 47.6 Å². The highest BCUT2D eigenvalue weighted by Crippen LogP contribution is 2.68. The molecule has 0 aromatic carbocycles. The lowest BCUT2D eigenvalue weighted by molar-refractivity contribution is -0.0917. The summed E-state index contributed by atoms with van der Waals surface area (Å²) in [5.41, 5.74) is 4.84. The van der Waals surface area contributed by atoms with Crippen LogP contribution in [-0.2, 0) is 0 Å². The van der Waals surface area contributed by atoms with Gasteiger partial charge in [0.25, 0.3) is 0 Å². The van der Waals surface area contributed by atoms with Gasteiger partial charge in [0.15, 0.2) is 0 Å². The smallest absolute Gasteiger partial charge is 0.0907 e. The molecular formula is C24H34O. The lowest BCUT2D eigenvalue weighted by Gasteiger charge is -2.58. The predicted octanol–water partition coefficient (Wildman–Crippen LogP) is 5.98. The Balaban J connectivity index is 1.80. The van der Waals surface area contributed by atoms with Crippen molar-refractivity contribution in [2.45, 2.75) is 71.8 Å². The molecule has 4 aliphatic rings. The van der Waals surface area contributed by atoms with Gasteiger partial charge in [-0.15, -0.1) is 0 Å². The van der Waals surface area contributed by atoms with Crippen LogP contribution < -0.4 is 0 Å². The number of fused-ring (bicyclic) bond motifs is 5. The summed E-state index contributed by atoms with van der Waals surface area (Å²) < 4.78 is 0. The van der Waals surface area contributed by atoms with Crippen LogP contribution in [0.3, 0.4) is 0 Å². The van der Waals surface area contributed by atoms with Crippen molar-refractivity contribution < 1.29 is 5.11 Å². The van der Waals surface area contributed by atoms with Crippen molar-refractivity contribution in [2.75, 3.05) is 0 Å². The van der Waals surface area contributed by atoms with Crippen molar-refractivity contribution in [1.29, 1.82) is 0 Å². The fourth-order valence-electron chi connectivity index (χ4n) is 7.21. The Morgan fingerprint density at radius 1 is 1.16 bits per heavy atom. The first-order chi connectivity index (χ1) is 11.6. The fourth-order valence-corrected chi connectivity index (χ4v) is 7.21. The molecule has 25 heavy (non-hydrogen) atoms. The Bertz CT molecular complexity index is 710. The minimum Gasteiger partial charge on any atom is -0.385 e. The first-order valence-electron chi connectivity index (χ1n) is 10.1. The maximum absolute atomic E-state index is 11.5. The van der Waals surface area contributed by atoms with E-state index in [-0.39, 0.29) is 10.8 Å². The van der Waals surface area contributed by atoms with Crippen molar-refractivity contribution >= 4 is 0 Å². The Morgan fingerprint density at radius 3 is 2.52 bits per heavy atom. The average Bonchev–Trinajstić information content (AvgIpc) is 2.83. The van der Waals surface area contributed by atoms with Crippen LogP contribution in [0.2, 0.25) is 0 Å². The van der Waals surface area contributed by atoms with Crippen molar-refractivity contribution in [3.63, 3.8) is 0 Å². The van der Waals surface area contributed by atoms with E-state index in [9.17, 15) is 5.11 Å². The van der Waals surface area contributed by atoms with E-state index in [0.29, 0.717) is 17.8 Å². The minimum absolute atomic E-state index is 0.0212. The maximum atomic E-state index is 11.5. The normalized spacial score (nSPS) is 48.8. The zero-order chi connectivity index (χ0) is 18.2. The topological polar surface area (TPSA) is 20.2 Å². The molecule has 2 saturated carbocycles. The van der Waals surface area contributed by atoms with Crippen LogP contribution >= 0.6 is 0 Å². The lowest BCUT2D eigenvalue weighted by atomic mass is 9.47. The predicted molar refractivity (Wildman–Crippen MR) is 105 cm³/mol. The third-order valence-electron chi connectivity index (χ3n) is 8.81. The van der Waals surface area contributed by atoms with E-state index in [1.54, 1.807) is 5.57 Å². The molecule has 0 heterocycles. The summed E-state index contributed by atoms with van der Waals surface area (Å²) in [5, 5.41) is 11.5. The molecule has 0 bridgehead atoms. The summed E-state index contributed by atoms with van der Waals surface area (Å²) in [4.78, 5) is 0. The van der Waals surface area contributed by atoms with Crippen LogP contribution in [-0.4, -0.2) is 10.7 Å². The zero-order valence-electron chi connectivity index (χ0n) is 16.5. The van der Waals surface area contributed by atoms with Crippen LogP contribution in [0.15, 0.2) is 47.6 Å². The van der Waals surface area contributed by atoms with E-state index < -0.39 is 5.60 Å². The molecule has 1 heteroatoms. The quantitative estimate of drug-likeness (QED) is 0.583. The van der Waals surface area contributed by atoms with Gasteiger partial charge in [0.1, 0.15) is 0 Å². The minimum atomic E-state index is -0.678. The van der Waals surface area contributed by atoms with Crippen molar-refractivity contribution in [2.24, 2.45) is 28.6 Å². The largest absolute Gasteiger partial charge is 0.385 e. The summed E-state index contributed by atoms with van der Waals surface area (Å²) in [5.74, 6) is 1.88. The van der Waals surface area contributed by atoms with Gasteiger partial charge < -0.3 is 5.11 Å². The molecular weight excluding hydrogens is 304 g/mol. The van der Waals surface area contributed by atoms with Crippen molar-refractivity contribution in [3.8, 4) is 0 Å². The molecule has 136 valence electrons. The van der Waals surface area contributed by atoms with E-state index in [2.05, 4.69) is 46.1 Å². The lowest BCUT2D eigenvalue weighted by Crippen LogP contribution is -2.54. The van der Waals surface area contributed by atoms with Crippen LogP contribution in [0.5, 0.6) is 0 Å². The maximum Gasteiger partial charge on any atom is 0.0907 e. The van der Waals surface area contributed by atoms with Crippen LogP contribution in [0.1, 0.15) is 66.2 Å². The third kappa shape index (κ3) is 2.05. The van der Waals surface area contributed by atoms with Gasteiger partial charge >= 0.3 is 0 Å². The molecule has 0 spiro atoms. The molecule has 0 aromatic rings. The van der Waals surface area contributed by atoms with Gasteiger partial charge in [0.2, 0.25) is 0 Å². The molecule has 0 aromatic heterocycles. The molecule has 4 aliphatic carbocycles. The summed E-state index contributed by atoms with van der Waals surface area (Å²) >= 11 is 0. The second-order valence-electron chi connectivity index (χ2n) is 9.91. The number of rotatable bonds is 1. The molecule has 2 fully saturated rings. The molecule has 0 radical (unpaired) electrons. The number of hydrogen-bond acceptors (Lipinski definition) is 1. The highest BCUT2D eigenvalue weighted by molar-refractivity contribution is 5.47. The van der Waals surface area contributed by atoms with E-state index in [4.69, 9.17) is 0 Å². The first-order valence-corrected chi connectivity index (χ1v) is 10.1. The van der Waals surface area contributed by atoms with E-state index in [0.717, 1.165) is 31.3 Å². The third-order valence-corrected chi connectivity index (χ3v) is 8.81. The number of aliphatic hydroxyl groups is 1. The first kappa shape index (κ1) is 17.3. The second kappa shape index (κ2) is 5.22. The Morgan fingerprint density at radius 2 is 1.84 bits per heavy atom. The molecule has 6 atom stereocenters. The van der Waals surface area contributed by atoms with Crippen LogP contribution in [0.25, 0.3) is 0 Å². The summed E-state index contributed by atoms with van der Waals surface area (Å²) in [6, 6.07) is 0. The number of allylic oxidation sites excluding steroid dienone is 5. The molecule has 0 saturated heterocycles. The Hall–Kier alpha value is -1.08. The van der Waals surface area contributed by atoms with E-state index in [1.165, 1.54) is 24.0 Å². The van der Waals surface area contributed by atoms with Gasteiger partial charge in [-0.2, -0.15) is 0 Å². The zero-order valence-corrected chi connectivity index (χ0v) is 16.5. The van der Waals surface area contributed by atoms with Gasteiger partial charge in [0, 0.05) is 5.41 Å². The molecule has 1 N–H and O–H groups in total. The second-order valence-corrected chi connectivity index (χ2v) is 9.91. The highest BCUT2D eigenvalue weighted by Gasteiger charge is 2.63. The van der Waals surface area contributed by atoms with E-state index in [1.807, 2.05) is 6.92 Å². The molecule has 0 aliphatic heterocycles. The Kier molecular flexibility index (Phi) is 3.62. The monoisotopic (exact) mass is 338 g/mol. The summed E-state index contributed by atoms with van der Waals surface area (Å²) in [7, 11) is 0. The standard InChI is InChI=1S/C24H34O/c1-15(2)24(25)12-9-20-18-14-17(4)21-13-16(3)7-10-22(21,5)19(18)8-11-23(20,24)6/h13-14,18-20,25H,1,3,7-12H2,2,4-6H3/t18-,19+,20+,22-,23+,24+/m1/s1. The van der Waals surface area contributed by atoms with Gasteiger partial charge in [-0.25, -0.2) is 0 Å². The SMILES string of the molecule is C=C1C=C2C(C)=C[C@@H]3[C@H](CC[C@@]4(C)[C@H]3CC[C@]4(O)C(=C)C)[C@@]2(C)CC1. The van der Waals surface area contributed by atoms with Crippen molar-refractivity contribution in [1.82, 2.24) is 0 Å². The average molecular weight is 339 g/mol. The van der Waals surface area contributed by atoms with Gasteiger partial charge in [0.05, 0.1) is 5.60 Å². The van der Waals surface area contributed by atoms with Gasteiger partial charge in [-0.1, -0.05) is 50.3 Å². The molecule has 4 rings (SSSR count). The summed E-state index contributed by atoms with van der Waals surface area (Å²) in [6.45, 7) is 17.6. The summed E-state index contributed by atoms with van der Waals surface area (Å²) in [6.07, 6.45) is 11.7. The Labute approximate surface area is 153 Å². The molecule has 0 unspecified atom stereocenters. The van der Waals surface area contributed by atoms with Gasteiger partial charge in [-0.05, 0) is 86.7 Å². The van der Waals surface area contributed by atoms with E-state index >= 15 is 0 Å². The number of hydrogen-bond donors (Lipinski definition) is 1. The molecule has 1 nitrogen and oxygen atoms in total. The molecule has 0 amide bonds. The highest BCUT2D eigenvalue weighted by atomic mass is 16.3. The van der Waals surface area contributed by atoms with Crippen LogP contribution in [0.4, 0.5) is 0 Å².